The molecule has 0 radical (unpaired) electrons. The van der Waals surface area contributed by atoms with Gasteiger partial charge in [0.15, 0.2) is 0 Å². The summed E-state index contributed by atoms with van der Waals surface area (Å²) in [5, 5.41) is 15.7. The van der Waals surface area contributed by atoms with Gasteiger partial charge in [-0.3, -0.25) is 0 Å². The summed E-state index contributed by atoms with van der Waals surface area (Å²) in [6.45, 7) is 5.26. The molecule has 3 nitrogen and oxygen atoms in total. The van der Waals surface area contributed by atoms with Crippen molar-refractivity contribution in [1.29, 1.82) is 5.26 Å². The highest BCUT2D eigenvalue weighted by Crippen LogP contribution is 2.16. The molecule has 0 aliphatic carbocycles. The van der Waals surface area contributed by atoms with E-state index in [0.29, 0.717) is 0 Å². The minimum Gasteiger partial charge on any atom is -0.385 e. The van der Waals surface area contributed by atoms with Gasteiger partial charge >= 0.3 is 0 Å². The molecular weight excluding hydrogens is 210 g/mol. The highest BCUT2D eigenvalue weighted by atomic mass is 14.9. The molecule has 90 valence electrons. The lowest BCUT2D eigenvalue weighted by Gasteiger charge is -2.23. The number of nitrogens with one attached hydrogen (secondary N) is 2. The van der Waals surface area contributed by atoms with Crippen molar-refractivity contribution in [2.75, 3.05) is 25.0 Å². The molecule has 1 unspecified atom stereocenters. The monoisotopic (exact) mass is 229 g/mol. The maximum absolute atomic E-state index is 8.86. The molecular formula is C14H19N3. The van der Waals surface area contributed by atoms with E-state index in [9.17, 15) is 0 Å². The van der Waals surface area contributed by atoms with Gasteiger partial charge in [0.1, 0.15) is 0 Å². The van der Waals surface area contributed by atoms with Crippen LogP contribution in [0.2, 0.25) is 0 Å². The van der Waals surface area contributed by atoms with Gasteiger partial charge in [0.25, 0.3) is 0 Å². The van der Waals surface area contributed by atoms with Gasteiger partial charge in [-0.25, -0.2) is 0 Å². The van der Waals surface area contributed by atoms with Crippen molar-refractivity contribution in [3.05, 3.63) is 29.3 Å². The number of hydrogen-bond donors (Lipinski definition) is 2. The summed E-state index contributed by atoms with van der Waals surface area (Å²) in [6.07, 6.45) is 2.58. The second-order valence-electron chi connectivity index (χ2n) is 4.73. The Morgan fingerprint density at radius 3 is 3.06 bits per heavy atom. The highest BCUT2D eigenvalue weighted by Gasteiger charge is 2.12. The van der Waals surface area contributed by atoms with E-state index in [4.69, 9.17) is 5.26 Å². The first-order valence-corrected chi connectivity index (χ1v) is 6.25. The van der Waals surface area contributed by atoms with E-state index in [0.717, 1.165) is 42.4 Å². The zero-order valence-electron chi connectivity index (χ0n) is 10.3. The van der Waals surface area contributed by atoms with Crippen LogP contribution in [0.3, 0.4) is 0 Å². The predicted molar refractivity (Wildman–Crippen MR) is 70.0 cm³/mol. The molecule has 0 spiro atoms. The van der Waals surface area contributed by atoms with Crippen molar-refractivity contribution >= 4 is 5.69 Å². The lowest BCUT2D eigenvalue weighted by atomic mass is 9.99. The van der Waals surface area contributed by atoms with E-state index in [2.05, 4.69) is 22.8 Å². The number of hydrogen-bond acceptors (Lipinski definition) is 3. The second kappa shape index (κ2) is 5.70. The molecule has 1 aliphatic heterocycles. The fourth-order valence-corrected chi connectivity index (χ4v) is 2.26. The van der Waals surface area contributed by atoms with Crippen molar-refractivity contribution < 1.29 is 0 Å². The number of nitrogens with zero attached hydrogens (tertiary/aromatic N) is 1. The Hall–Kier alpha value is -1.53. The smallest absolute Gasteiger partial charge is 0.0994 e. The molecule has 0 saturated carbocycles. The largest absolute Gasteiger partial charge is 0.385 e. The predicted octanol–water partition coefficient (Wildman–Crippen LogP) is 2.28. The Morgan fingerprint density at radius 1 is 1.53 bits per heavy atom. The Labute approximate surface area is 103 Å². The lowest BCUT2D eigenvalue weighted by Crippen LogP contribution is -2.33. The Balaban J connectivity index is 1.90. The minimum atomic E-state index is 0.722. The normalized spacial score (nSPS) is 19.6. The molecule has 1 aromatic rings. The van der Waals surface area contributed by atoms with Crippen molar-refractivity contribution in [2.24, 2.45) is 5.92 Å². The average Bonchev–Trinajstić information content (AvgIpc) is 2.38. The van der Waals surface area contributed by atoms with E-state index in [1.807, 2.05) is 19.1 Å². The molecule has 1 atom stereocenters. The van der Waals surface area contributed by atoms with Crippen LogP contribution in [-0.2, 0) is 0 Å². The van der Waals surface area contributed by atoms with Crippen molar-refractivity contribution in [3.8, 4) is 6.07 Å². The zero-order valence-corrected chi connectivity index (χ0v) is 10.3. The van der Waals surface area contributed by atoms with Gasteiger partial charge in [-0.15, -0.1) is 0 Å². The van der Waals surface area contributed by atoms with Gasteiger partial charge in [-0.05, 0) is 62.5 Å². The van der Waals surface area contributed by atoms with Gasteiger partial charge in [0.05, 0.1) is 11.6 Å². The summed E-state index contributed by atoms with van der Waals surface area (Å²) in [4.78, 5) is 0. The van der Waals surface area contributed by atoms with E-state index in [1.54, 1.807) is 0 Å². The SMILES string of the molecule is Cc1cc(NCC2CCCNC2)ccc1C#N. The van der Waals surface area contributed by atoms with E-state index in [1.165, 1.54) is 12.8 Å². The number of rotatable bonds is 3. The van der Waals surface area contributed by atoms with E-state index < -0.39 is 0 Å². The van der Waals surface area contributed by atoms with Gasteiger partial charge < -0.3 is 10.6 Å². The Bertz CT molecular complexity index is 414. The molecule has 3 heteroatoms. The molecule has 1 aliphatic rings. The number of anilines is 1. The third kappa shape index (κ3) is 3.21. The number of aryl methyl sites for hydroxylation is 1. The summed E-state index contributed by atoms with van der Waals surface area (Å²) in [5.74, 6) is 0.722. The van der Waals surface area contributed by atoms with Crippen LogP contribution in [0.4, 0.5) is 5.69 Å². The topological polar surface area (TPSA) is 47.8 Å². The molecule has 17 heavy (non-hydrogen) atoms. The standard InChI is InChI=1S/C14H19N3/c1-11-7-14(5-4-13(11)8-15)17-10-12-3-2-6-16-9-12/h4-5,7,12,16-17H,2-3,6,9-10H2,1H3. The van der Waals surface area contributed by atoms with Crippen LogP contribution in [0.1, 0.15) is 24.0 Å². The summed E-state index contributed by atoms with van der Waals surface area (Å²) in [7, 11) is 0. The second-order valence-corrected chi connectivity index (χ2v) is 4.73. The number of nitriles is 1. The summed E-state index contributed by atoms with van der Waals surface area (Å²) >= 11 is 0. The van der Waals surface area contributed by atoms with Crippen molar-refractivity contribution in [2.45, 2.75) is 19.8 Å². The molecule has 1 fully saturated rings. The van der Waals surface area contributed by atoms with Gasteiger partial charge in [-0.2, -0.15) is 5.26 Å². The fourth-order valence-electron chi connectivity index (χ4n) is 2.26. The van der Waals surface area contributed by atoms with Gasteiger partial charge in [0, 0.05) is 12.2 Å². The molecule has 0 aromatic heterocycles. The van der Waals surface area contributed by atoms with Crippen LogP contribution < -0.4 is 10.6 Å². The molecule has 1 aromatic carbocycles. The maximum Gasteiger partial charge on any atom is 0.0994 e. The molecule has 1 heterocycles. The van der Waals surface area contributed by atoms with Crippen LogP contribution >= 0.6 is 0 Å². The molecule has 0 bridgehead atoms. The van der Waals surface area contributed by atoms with Crippen molar-refractivity contribution in [3.63, 3.8) is 0 Å². The van der Waals surface area contributed by atoms with Crippen LogP contribution in [0.15, 0.2) is 18.2 Å². The van der Waals surface area contributed by atoms with Crippen LogP contribution in [0.25, 0.3) is 0 Å². The maximum atomic E-state index is 8.86. The number of benzene rings is 1. The zero-order chi connectivity index (χ0) is 12.1. The quantitative estimate of drug-likeness (QED) is 0.836. The van der Waals surface area contributed by atoms with Crippen LogP contribution in [0, 0.1) is 24.2 Å². The molecule has 1 saturated heterocycles. The van der Waals surface area contributed by atoms with E-state index in [-0.39, 0.29) is 0 Å². The minimum absolute atomic E-state index is 0.722. The molecule has 2 N–H and O–H groups in total. The third-order valence-corrected chi connectivity index (χ3v) is 3.34. The van der Waals surface area contributed by atoms with Crippen LogP contribution in [0.5, 0.6) is 0 Å². The van der Waals surface area contributed by atoms with E-state index >= 15 is 0 Å². The highest BCUT2D eigenvalue weighted by molar-refractivity contribution is 5.51. The first kappa shape index (κ1) is 11.9. The van der Waals surface area contributed by atoms with Crippen LogP contribution in [-0.4, -0.2) is 19.6 Å². The van der Waals surface area contributed by atoms with Gasteiger partial charge in [-0.1, -0.05) is 0 Å². The first-order chi connectivity index (χ1) is 8.29. The van der Waals surface area contributed by atoms with Gasteiger partial charge in [0.2, 0.25) is 0 Å². The Morgan fingerprint density at radius 2 is 2.41 bits per heavy atom. The molecule has 0 amide bonds. The third-order valence-electron chi connectivity index (χ3n) is 3.34. The fraction of sp³-hybridized carbons (Fsp3) is 0.500. The van der Waals surface area contributed by atoms with Crippen molar-refractivity contribution in [1.82, 2.24) is 5.32 Å². The number of piperidine rings is 1. The molecule has 2 rings (SSSR count). The summed E-state index contributed by atoms with van der Waals surface area (Å²) in [5.41, 5.74) is 2.92. The Kier molecular flexibility index (Phi) is 4.00. The summed E-state index contributed by atoms with van der Waals surface area (Å²) in [6, 6.07) is 8.11. The summed E-state index contributed by atoms with van der Waals surface area (Å²) < 4.78 is 0. The lowest BCUT2D eigenvalue weighted by molar-refractivity contribution is 0.393. The first-order valence-electron chi connectivity index (χ1n) is 6.25. The average molecular weight is 229 g/mol.